The Bertz CT molecular complexity index is 684. The number of hydrogen-bond acceptors (Lipinski definition) is 4. The lowest BCUT2D eigenvalue weighted by atomic mass is 10.1. The van der Waals surface area contributed by atoms with Crippen LogP contribution in [0.4, 0.5) is 5.69 Å². The van der Waals surface area contributed by atoms with Gasteiger partial charge in [0.05, 0.1) is 16.2 Å². The van der Waals surface area contributed by atoms with Crippen molar-refractivity contribution >= 4 is 28.2 Å². The molecule has 5 heteroatoms. The zero-order valence-electron chi connectivity index (χ0n) is 11.3. The number of halogens is 1. The van der Waals surface area contributed by atoms with Crippen molar-refractivity contribution in [2.75, 3.05) is 38.1 Å². The molecule has 1 aliphatic heterocycles. The van der Waals surface area contributed by atoms with E-state index in [4.69, 9.17) is 11.6 Å². The average molecular weight is 287 g/mol. The van der Waals surface area contributed by atoms with Gasteiger partial charge < -0.3 is 9.80 Å². The number of anilines is 1. The molecule has 2 heterocycles. The fourth-order valence-electron chi connectivity index (χ4n) is 2.59. The molecule has 1 fully saturated rings. The normalized spacial score (nSPS) is 16.4. The van der Waals surface area contributed by atoms with E-state index in [1.807, 2.05) is 18.2 Å². The van der Waals surface area contributed by atoms with Crippen LogP contribution >= 0.6 is 11.6 Å². The molecule has 1 aromatic heterocycles. The van der Waals surface area contributed by atoms with Gasteiger partial charge in [-0.15, -0.1) is 0 Å². The Morgan fingerprint density at radius 1 is 1.25 bits per heavy atom. The van der Waals surface area contributed by atoms with Crippen LogP contribution in [0.3, 0.4) is 0 Å². The van der Waals surface area contributed by atoms with Crippen molar-refractivity contribution in [2.24, 2.45) is 0 Å². The summed E-state index contributed by atoms with van der Waals surface area (Å²) in [6.45, 7) is 3.89. The summed E-state index contributed by atoms with van der Waals surface area (Å²) in [5, 5.41) is 11.0. The molecule has 0 saturated carbocycles. The molecule has 1 aliphatic rings. The third kappa shape index (κ3) is 2.31. The molecule has 2 aromatic rings. The summed E-state index contributed by atoms with van der Waals surface area (Å²) in [5.74, 6) is 0. The van der Waals surface area contributed by atoms with E-state index in [2.05, 4.69) is 27.9 Å². The van der Waals surface area contributed by atoms with E-state index in [9.17, 15) is 5.26 Å². The minimum atomic E-state index is 0.591. The van der Waals surface area contributed by atoms with Crippen molar-refractivity contribution in [3.8, 4) is 6.07 Å². The number of hydrogen-bond donors (Lipinski definition) is 0. The predicted molar refractivity (Wildman–Crippen MR) is 81.2 cm³/mol. The Hall–Kier alpha value is -1.83. The second-order valence-electron chi connectivity index (χ2n) is 5.09. The van der Waals surface area contributed by atoms with Gasteiger partial charge in [-0.1, -0.05) is 17.7 Å². The molecule has 0 unspecified atom stereocenters. The molecule has 102 valence electrons. The Kier molecular flexibility index (Phi) is 3.47. The Balaban J connectivity index is 2.08. The van der Waals surface area contributed by atoms with Crippen LogP contribution in [0.5, 0.6) is 0 Å². The number of pyridine rings is 1. The molecule has 4 nitrogen and oxygen atoms in total. The van der Waals surface area contributed by atoms with Gasteiger partial charge in [0, 0.05) is 37.8 Å². The van der Waals surface area contributed by atoms with Crippen molar-refractivity contribution in [3.63, 3.8) is 0 Å². The first-order valence-corrected chi connectivity index (χ1v) is 6.98. The Morgan fingerprint density at radius 2 is 2.00 bits per heavy atom. The van der Waals surface area contributed by atoms with Crippen LogP contribution in [0.1, 0.15) is 5.56 Å². The standard InChI is InChI=1S/C15H15ClN4/c1-19-4-6-20(7-5-19)14-3-2-11-8-12(16)10-18-15(11)13(14)9-17/h2-3,8,10H,4-7H2,1H3. The van der Waals surface area contributed by atoms with Gasteiger partial charge in [0.25, 0.3) is 0 Å². The monoisotopic (exact) mass is 286 g/mol. The van der Waals surface area contributed by atoms with Gasteiger partial charge in [-0.2, -0.15) is 5.26 Å². The highest BCUT2D eigenvalue weighted by atomic mass is 35.5. The highest BCUT2D eigenvalue weighted by Crippen LogP contribution is 2.29. The van der Waals surface area contributed by atoms with Crippen molar-refractivity contribution in [2.45, 2.75) is 0 Å². The molecule has 20 heavy (non-hydrogen) atoms. The molecular weight excluding hydrogens is 272 g/mol. The molecule has 0 atom stereocenters. The molecule has 0 N–H and O–H groups in total. The number of benzene rings is 1. The van der Waals surface area contributed by atoms with E-state index >= 15 is 0 Å². The van der Waals surface area contributed by atoms with Gasteiger partial charge in [-0.05, 0) is 19.2 Å². The summed E-state index contributed by atoms with van der Waals surface area (Å²) in [7, 11) is 2.12. The Morgan fingerprint density at radius 3 is 2.70 bits per heavy atom. The fourth-order valence-corrected chi connectivity index (χ4v) is 2.75. The van der Waals surface area contributed by atoms with Gasteiger partial charge >= 0.3 is 0 Å². The number of rotatable bonds is 1. The van der Waals surface area contributed by atoms with Gasteiger partial charge in [-0.3, -0.25) is 4.98 Å². The van der Waals surface area contributed by atoms with Crippen LogP contribution in [-0.2, 0) is 0 Å². The molecular formula is C15H15ClN4. The van der Waals surface area contributed by atoms with E-state index in [0.717, 1.165) is 42.8 Å². The predicted octanol–water partition coefficient (Wildman–Crippen LogP) is 2.51. The number of likely N-dealkylation sites (N-methyl/N-ethyl adjacent to an activating group) is 1. The summed E-state index contributed by atoms with van der Waals surface area (Å²) in [4.78, 5) is 8.88. The van der Waals surface area contributed by atoms with Gasteiger partial charge in [0.15, 0.2) is 0 Å². The number of aromatic nitrogens is 1. The topological polar surface area (TPSA) is 43.2 Å². The Labute approximate surface area is 123 Å². The van der Waals surface area contributed by atoms with Crippen molar-refractivity contribution < 1.29 is 0 Å². The van der Waals surface area contributed by atoms with E-state index in [-0.39, 0.29) is 0 Å². The largest absolute Gasteiger partial charge is 0.368 e. The van der Waals surface area contributed by atoms with Crippen molar-refractivity contribution in [1.29, 1.82) is 5.26 Å². The maximum Gasteiger partial charge on any atom is 0.104 e. The summed E-state index contributed by atoms with van der Waals surface area (Å²) in [6, 6.07) is 8.14. The quantitative estimate of drug-likeness (QED) is 0.808. The number of nitriles is 1. The second kappa shape index (κ2) is 5.28. The lowest BCUT2D eigenvalue weighted by molar-refractivity contribution is 0.313. The maximum atomic E-state index is 9.51. The van der Waals surface area contributed by atoms with Crippen LogP contribution in [0.2, 0.25) is 5.02 Å². The van der Waals surface area contributed by atoms with Crippen LogP contribution in [-0.4, -0.2) is 43.1 Å². The molecule has 3 rings (SSSR count). The number of fused-ring (bicyclic) bond motifs is 1. The van der Waals surface area contributed by atoms with Crippen LogP contribution in [0.15, 0.2) is 24.4 Å². The number of piperazine rings is 1. The SMILES string of the molecule is CN1CCN(c2ccc3cc(Cl)cnc3c2C#N)CC1. The lowest BCUT2D eigenvalue weighted by Crippen LogP contribution is -2.44. The summed E-state index contributed by atoms with van der Waals surface area (Å²) in [6.07, 6.45) is 1.60. The molecule has 0 amide bonds. The summed E-state index contributed by atoms with van der Waals surface area (Å²) < 4.78 is 0. The minimum absolute atomic E-state index is 0.591. The molecule has 1 aromatic carbocycles. The third-order valence-electron chi connectivity index (χ3n) is 3.75. The highest BCUT2D eigenvalue weighted by molar-refractivity contribution is 6.31. The van der Waals surface area contributed by atoms with Crippen molar-refractivity contribution in [1.82, 2.24) is 9.88 Å². The van der Waals surface area contributed by atoms with E-state index < -0.39 is 0 Å². The van der Waals surface area contributed by atoms with E-state index in [0.29, 0.717) is 10.6 Å². The van der Waals surface area contributed by atoms with E-state index in [1.54, 1.807) is 6.20 Å². The summed E-state index contributed by atoms with van der Waals surface area (Å²) >= 11 is 5.96. The second-order valence-corrected chi connectivity index (χ2v) is 5.52. The number of nitrogens with zero attached hydrogens (tertiary/aromatic N) is 4. The molecule has 0 aliphatic carbocycles. The first kappa shape index (κ1) is 13.2. The van der Waals surface area contributed by atoms with Crippen molar-refractivity contribution in [3.05, 3.63) is 35.0 Å². The maximum absolute atomic E-state index is 9.51. The van der Waals surface area contributed by atoms with Crippen LogP contribution < -0.4 is 4.90 Å². The van der Waals surface area contributed by atoms with Gasteiger partial charge in [0.1, 0.15) is 11.6 Å². The van der Waals surface area contributed by atoms with Gasteiger partial charge in [0.2, 0.25) is 0 Å². The minimum Gasteiger partial charge on any atom is -0.368 e. The molecule has 0 radical (unpaired) electrons. The van der Waals surface area contributed by atoms with Crippen LogP contribution in [0, 0.1) is 11.3 Å². The average Bonchev–Trinajstić information content (AvgIpc) is 2.46. The lowest BCUT2D eigenvalue weighted by Gasteiger charge is -2.34. The zero-order chi connectivity index (χ0) is 14.1. The van der Waals surface area contributed by atoms with Gasteiger partial charge in [-0.25, -0.2) is 0 Å². The van der Waals surface area contributed by atoms with E-state index in [1.165, 1.54) is 0 Å². The first-order chi connectivity index (χ1) is 9.69. The summed E-state index contributed by atoms with van der Waals surface area (Å²) in [5.41, 5.74) is 2.35. The third-order valence-corrected chi connectivity index (χ3v) is 3.96. The fraction of sp³-hybridized carbons (Fsp3) is 0.333. The molecule has 0 spiro atoms. The zero-order valence-corrected chi connectivity index (χ0v) is 12.1. The molecule has 0 bridgehead atoms. The smallest absolute Gasteiger partial charge is 0.104 e. The first-order valence-electron chi connectivity index (χ1n) is 6.61. The molecule has 1 saturated heterocycles. The van der Waals surface area contributed by atoms with Crippen LogP contribution in [0.25, 0.3) is 10.9 Å². The highest BCUT2D eigenvalue weighted by Gasteiger charge is 2.19.